The van der Waals surface area contributed by atoms with Crippen LogP contribution in [0.15, 0.2) is 29.1 Å². The Labute approximate surface area is 129 Å². The summed E-state index contributed by atoms with van der Waals surface area (Å²) in [6, 6.07) is 6.40. The first-order valence-corrected chi connectivity index (χ1v) is 7.21. The van der Waals surface area contributed by atoms with Crippen LogP contribution in [0.4, 0.5) is 13.2 Å². The summed E-state index contributed by atoms with van der Waals surface area (Å²) >= 11 is 0. The maximum Gasteiger partial charge on any atom is 0.393 e. The summed E-state index contributed by atoms with van der Waals surface area (Å²) in [6.45, 7) is -0.127. The van der Waals surface area contributed by atoms with Crippen LogP contribution in [0.5, 0.6) is 0 Å². The number of likely N-dealkylation sites (tertiary alicyclic amines) is 1. The van der Waals surface area contributed by atoms with Gasteiger partial charge in [0.1, 0.15) is 0 Å². The number of hydrogen-bond donors (Lipinski definition) is 1. The quantitative estimate of drug-likeness (QED) is 0.875. The van der Waals surface area contributed by atoms with Crippen LogP contribution in [0.3, 0.4) is 0 Å². The van der Waals surface area contributed by atoms with Crippen LogP contribution in [-0.4, -0.2) is 40.3 Å². The normalized spacial score (nSPS) is 19.1. The van der Waals surface area contributed by atoms with E-state index in [0.717, 1.165) is 4.90 Å². The first-order valence-electron chi connectivity index (χ1n) is 7.21. The Morgan fingerprint density at radius 1 is 1.26 bits per heavy atom. The summed E-state index contributed by atoms with van der Waals surface area (Å²) in [5.41, 5.74) is -0.466. The van der Waals surface area contributed by atoms with Crippen molar-refractivity contribution >= 4 is 16.7 Å². The van der Waals surface area contributed by atoms with E-state index >= 15 is 0 Å². The molecule has 1 unspecified atom stereocenters. The SMILES string of the molecule is O=C(c1n[nH]c(=O)c2ccccc12)N1CCCC(C(F)(F)F)C1. The van der Waals surface area contributed by atoms with Crippen LogP contribution < -0.4 is 5.56 Å². The average molecular weight is 325 g/mol. The van der Waals surface area contributed by atoms with Gasteiger partial charge in [0.15, 0.2) is 5.69 Å². The van der Waals surface area contributed by atoms with Gasteiger partial charge in [0.2, 0.25) is 0 Å². The Bertz CT molecular complexity index is 800. The number of benzene rings is 1. The van der Waals surface area contributed by atoms with E-state index in [4.69, 9.17) is 0 Å². The zero-order chi connectivity index (χ0) is 16.6. The largest absolute Gasteiger partial charge is 0.393 e. The molecule has 1 amide bonds. The molecule has 0 spiro atoms. The lowest BCUT2D eigenvalue weighted by atomic mass is 9.97. The molecule has 1 atom stereocenters. The molecule has 1 aromatic heterocycles. The fraction of sp³-hybridized carbons (Fsp3) is 0.400. The van der Waals surface area contributed by atoms with Crippen LogP contribution in [0.25, 0.3) is 10.8 Å². The molecule has 0 saturated carbocycles. The number of alkyl halides is 3. The molecule has 1 aliphatic heterocycles. The van der Waals surface area contributed by atoms with Gasteiger partial charge in [-0.3, -0.25) is 9.59 Å². The minimum Gasteiger partial charge on any atom is -0.337 e. The molecular formula is C15H14F3N3O2. The highest BCUT2D eigenvalue weighted by Crippen LogP contribution is 2.33. The van der Waals surface area contributed by atoms with Crippen LogP contribution in [0.1, 0.15) is 23.3 Å². The zero-order valence-corrected chi connectivity index (χ0v) is 12.1. The van der Waals surface area contributed by atoms with Gasteiger partial charge in [0, 0.05) is 18.5 Å². The predicted molar refractivity (Wildman–Crippen MR) is 77.0 cm³/mol. The number of aromatic nitrogens is 2. The maximum absolute atomic E-state index is 12.9. The second-order valence-electron chi connectivity index (χ2n) is 5.58. The Kier molecular flexibility index (Phi) is 3.83. The van der Waals surface area contributed by atoms with Crippen molar-refractivity contribution in [2.24, 2.45) is 5.92 Å². The summed E-state index contributed by atoms with van der Waals surface area (Å²) in [6.07, 6.45) is -4.01. The van der Waals surface area contributed by atoms with Gasteiger partial charge in [0.05, 0.1) is 11.3 Å². The zero-order valence-electron chi connectivity index (χ0n) is 12.1. The van der Waals surface area contributed by atoms with Crippen molar-refractivity contribution in [3.63, 3.8) is 0 Å². The molecule has 1 aromatic carbocycles. The fourth-order valence-corrected chi connectivity index (χ4v) is 2.86. The first-order chi connectivity index (χ1) is 10.9. The minimum atomic E-state index is -4.32. The number of amides is 1. The van der Waals surface area contributed by atoms with Gasteiger partial charge in [-0.15, -0.1) is 0 Å². The van der Waals surface area contributed by atoms with Gasteiger partial charge in [-0.25, -0.2) is 5.10 Å². The molecule has 1 saturated heterocycles. The summed E-state index contributed by atoms with van der Waals surface area (Å²) in [5, 5.41) is 6.62. The van der Waals surface area contributed by atoms with Gasteiger partial charge in [-0.05, 0) is 18.9 Å². The van der Waals surface area contributed by atoms with Crippen LogP contribution in [-0.2, 0) is 0 Å². The average Bonchev–Trinajstić information content (AvgIpc) is 2.54. The third-order valence-electron chi connectivity index (χ3n) is 4.07. The van der Waals surface area contributed by atoms with Crippen LogP contribution in [0, 0.1) is 5.92 Å². The number of carbonyl (C=O) groups excluding carboxylic acids is 1. The Balaban J connectivity index is 1.95. The number of nitrogens with zero attached hydrogens (tertiary/aromatic N) is 2. The van der Waals surface area contributed by atoms with Crippen molar-refractivity contribution in [1.82, 2.24) is 15.1 Å². The van der Waals surface area contributed by atoms with Crippen molar-refractivity contribution in [3.05, 3.63) is 40.3 Å². The second kappa shape index (κ2) is 5.68. The van der Waals surface area contributed by atoms with E-state index in [1.807, 2.05) is 0 Å². The molecule has 3 rings (SSSR count). The van der Waals surface area contributed by atoms with Crippen molar-refractivity contribution in [2.45, 2.75) is 19.0 Å². The van der Waals surface area contributed by atoms with Gasteiger partial charge >= 0.3 is 6.18 Å². The molecule has 1 aliphatic rings. The number of hydrogen-bond acceptors (Lipinski definition) is 3. The molecule has 0 aliphatic carbocycles. The summed E-state index contributed by atoms with van der Waals surface area (Å²) in [4.78, 5) is 25.5. The number of piperidine rings is 1. The van der Waals surface area contributed by atoms with Crippen molar-refractivity contribution in [1.29, 1.82) is 0 Å². The predicted octanol–water partition coefficient (Wildman–Crippen LogP) is 2.34. The van der Waals surface area contributed by atoms with Gasteiger partial charge in [-0.1, -0.05) is 18.2 Å². The van der Waals surface area contributed by atoms with Gasteiger partial charge < -0.3 is 4.90 Å². The molecule has 0 radical (unpaired) electrons. The number of aromatic amines is 1. The Hall–Kier alpha value is -2.38. The molecule has 0 bridgehead atoms. The van der Waals surface area contributed by atoms with Crippen LogP contribution in [0.2, 0.25) is 0 Å². The summed E-state index contributed by atoms with van der Waals surface area (Å²) < 4.78 is 38.7. The molecule has 1 fully saturated rings. The fourth-order valence-electron chi connectivity index (χ4n) is 2.86. The summed E-state index contributed by atoms with van der Waals surface area (Å²) in [7, 11) is 0. The lowest BCUT2D eigenvalue weighted by Crippen LogP contribution is -2.45. The maximum atomic E-state index is 12.9. The number of fused-ring (bicyclic) bond motifs is 1. The molecule has 1 N–H and O–H groups in total. The highest BCUT2D eigenvalue weighted by atomic mass is 19.4. The molecular weight excluding hydrogens is 311 g/mol. The molecule has 2 heterocycles. The molecule has 8 heteroatoms. The first kappa shape index (κ1) is 15.5. The minimum absolute atomic E-state index is 0.0209. The number of nitrogens with one attached hydrogen (secondary N) is 1. The van der Waals surface area contributed by atoms with E-state index in [0.29, 0.717) is 5.39 Å². The van der Waals surface area contributed by atoms with E-state index in [-0.39, 0.29) is 37.0 Å². The lowest BCUT2D eigenvalue weighted by molar-refractivity contribution is -0.184. The van der Waals surface area contributed by atoms with Crippen LogP contribution >= 0.6 is 0 Å². The standard InChI is InChI=1S/C15H14F3N3O2/c16-15(17,18)9-4-3-7-21(8-9)14(23)12-10-5-1-2-6-11(10)13(22)20-19-12/h1-2,5-6,9H,3-4,7-8H2,(H,20,22). The highest BCUT2D eigenvalue weighted by Gasteiger charge is 2.43. The third kappa shape index (κ3) is 2.93. The van der Waals surface area contributed by atoms with Crippen molar-refractivity contribution in [3.8, 4) is 0 Å². The van der Waals surface area contributed by atoms with Gasteiger partial charge in [0.25, 0.3) is 11.5 Å². The van der Waals surface area contributed by atoms with E-state index < -0.39 is 23.6 Å². The van der Waals surface area contributed by atoms with Gasteiger partial charge in [-0.2, -0.15) is 18.3 Å². The topological polar surface area (TPSA) is 66.1 Å². The van der Waals surface area contributed by atoms with E-state index in [1.165, 1.54) is 0 Å². The van der Waals surface area contributed by atoms with E-state index in [9.17, 15) is 22.8 Å². The number of rotatable bonds is 1. The number of halogens is 3. The molecule has 23 heavy (non-hydrogen) atoms. The second-order valence-corrected chi connectivity index (χ2v) is 5.58. The summed E-state index contributed by atoms with van der Waals surface area (Å²) in [5.74, 6) is -2.11. The third-order valence-corrected chi connectivity index (χ3v) is 4.07. The smallest absolute Gasteiger partial charge is 0.337 e. The number of carbonyl (C=O) groups is 1. The lowest BCUT2D eigenvalue weighted by Gasteiger charge is -2.33. The number of H-pyrrole nitrogens is 1. The molecule has 122 valence electrons. The monoisotopic (exact) mass is 325 g/mol. The Morgan fingerprint density at radius 3 is 2.65 bits per heavy atom. The molecule has 2 aromatic rings. The Morgan fingerprint density at radius 2 is 1.96 bits per heavy atom. The van der Waals surface area contributed by atoms with E-state index in [2.05, 4.69) is 10.2 Å². The van der Waals surface area contributed by atoms with Crippen molar-refractivity contribution in [2.75, 3.05) is 13.1 Å². The van der Waals surface area contributed by atoms with Crippen molar-refractivity contribution < 1.29 is 18.0 Å². The van der Waals surface area contributed by atoms with E-state index in [1.54, 1.807) is 24.3 Å². The molecule has 5 nitrogen and oxygen atoms in total. The highest BCUT2D eigenvalue weighted by molar-refractivity contribution is 6.04.